The number of halogens is 1. The number of hydrogen-bond acceptors (Lipinski definition) is 2. The van der Waals surface area contributed by atoms with Gasteiger partial charge < -0.3 is 4.74 Å². The first-order valence-electron chi connectivity index (χ1n) is 5.66. The Morgan fingerprint density at radius 1 is 1.05 bits per heavy atom. The first-order valence-corrected chi connectivity index (χ1v) is 6.45. The second-order valence-electron chi connectivity index (χ2n) is 3.77. The van der Waals surface area contributed by atoms with E-state index in [1.807, 2.05) is 36.4 Å². The quantitative estimate of drug-likeness (QED) is 0.593. The van der Waals surface area contributed by atoms with Gasteiger partial charge in [0.1, 0.15) is 0 Å². The third-order valence-electron chi connectivity index (χ3n) is 2.52. The van der Waals surface area contributed by atoms with Crippen molar-refractivity contribution in [3.8, 4) is 11.8 Å². The predicted octanol–water partition coefficient (Wildman–Crippen LogP) is 3.64. The number of carbonyl (C=O) groups excluding carboxylic acids is 1. The van der Waals surface area contributed by atoms with E-state index in [1.54, 1.807) is 12.1 Å². The molecule has 0 fully saturated rings. The van der Waals surface area contributed by atoms with Crippen molar-refractivity contribution >= 4 is 21.9 Å². The Labute approximate surface area is 120 Å². The molecule has 0 amide bonds. The highest BCUT2D eigenvalue weighted by Gasteiger charge is 2.11. The summed E-state index contributed by atoms with van der Waals surface area (Å²) in [6.45, 7) is 0. The Balaban J connectivity index is 2.37. The van der Waals surface area contributed by atoms with Crippen molar-refractivity contribution in [2.24, 2.45) is 0 Å². The summed E-state index contributed by atoms with van der Waals surface area (Å²) in [5.41, 5.74) is 2.16. The Morgan fingerprint density at radius 3 is 2.47 bits per heavy atom. The molecule has 0 spiro atoms. The molecular weight excluding hydrogens is 304 g/mol. The van der Waals surface area contributed by atoms with Gasteiger partial charge in [-0.25, -0.2) is 4.79 Å². The van der Waals surface area contributed by atoms with Gasteiger partial charge in [-0.2, -0.15) is 0 Å². The summed E-state index contributed by atoms with van der Waals surface area (Å²) in [5, 5.41) is 0. The smallest absolute Gasteiger partial charge is 0.339 e. The molecule has 0 saturated heterocycles. The fourth-order valence-electron chi connectivity index (χ4n) is 1.56. The predicted molar refractivity (Wildman–Crippen MR) is 77.9 cm³/mol. The van der Waals surface area contributed by atoms with Gasteiger partial charge in [-0.1, -0.05) is 36.1 Å². The maximum atomic E-state index is 11.6. The molecule has 0 atom stereocenters. The van der Waals surface area contributed by atoms with Gasteiger partial charge in [-0.3, -0.25) is 0 Å². The third-order valence-corrected chi connectivity index (χ3v) is 3.37. The SMILES string of the molecule is COC(=O)c1cccc(C#Cc2ccccc2)c1Br. The summed E-state index contributed by atoms with van der Waals surface area (Å²) in [6, 6.07) is 15.0. The largest absolute Gasteiger partial charge is 0.465 e. The molecule has 2 nitrogen and oxygen atoms in total. The van der Waals surface area contributed by atoms with E-state index < -0.39 is 0 Å². The van der Waals surface area contributed by atoms with Gasteiger partial charge in [0.25, 0.3) is 0 Å². The molecule has 0 aliphatic carbocycles. The average Bonchev–Trinajstić information content (AvgIpc) is 2.46. The fourth-order valence-corrected chi connectivity index (χ4v) is 2.08. The number of ether oxygens (including phenoxy) is 1. The van der Waals surface area contributed by atoms with E-state index in [2.05, 4.69) is 27.8 Å². The van der Waals surface area contributed by atoms with Gasteiger partial charge in [0.05, 0.1) is 12.7 Å². The second kappa shape index (κ2) is 6.21. The monoisotopic (exact) mass is 314 g/mol. The number of hydrogen-bond donors (Lipinski definition) is 0. The van der Waals surface area contributed by atoms with Crippen molar-refractivity contribution in [2.45, 2.75) is 0 Å². The lowest BCUT2D eigenvalue weighted by molar-refractivity contribution is 0.0599. The van der Waals surface area contributed by atoms with Crippen LogP contribution in [0.25, 0.3) is 0 Å². The van der Waals surface area contributed by atoms with Gasteiger partial charge in [0, 0.05) is 15.6 Å². The van der Waals surface area contributed by atoms with Crippen LogP contribution in [0.2, 0.25) is 0 Å². The minimum absolute atomic E-state index is 0.379. The Bertz CT molecular complexity index is 651. The van der Waals surface area contributed by atoms with Gasteiger partial charge >= 0.3 is 5.97 Å². The molecule has 0 radical (unpaired) electrons. The highest BCUT2D eigenvalue weighted by Crippen LogP contribution is 2.21. The van der Waals surface area contributed by atoms with E-state index in [-0.39, 0.29) is 5.97 Å². The minimum atomic E-state index is -0.379. The molecule has 19 heavy (non-hydrogen) atoms. The number of methoxy groups -OCH3 is 1. The van der Waals surface area contributed by atoms with E-state index in [0.717, 1.165) is 11.1 Å². The molecule has 0 unspecified atom stereocenters. The lowest BCUT2D eigenvalue weighted by Crippen LogP contribution is -2.02. The van der Waals surface area contributed by atoms with Crippen molar-refractivity contribution in [3.05, 3.63) is 69.7 Å². The Morgan fingerprint density at radius 2 is 1.79 bits per heavy atom. The van der Waals surface area contributed by atoms with Crippen LogP contribution in [0.1, 0.15) is 21.5 Å². The lowest BCUT2D eigenvalue weighted by atomic mass is 10.1. The summed E-state index contributed by atoms with van der Waals surface area (Å²) in [6.07, 6.45) is 0. The molecule has 0 aliphatic rings. The van der Waals surface area contributed by atoms with Gasteiger partial charge in [-0.15, -0.1) is 0 Å². The summed E-state index contributed by atoms with van der Waals surface area (Å²) in [5.74, 6) is 5.72. The average molecular weight is 315 g/mol. The number of carbonyl (C=O) groups is 1. The van der Waals surface area contributed by atoms with Crippen LogP contribution in [-0.4, -0.2) is 13.1 Å². The minimum Gasteiger partial charge on any atom is -0.465 e. The Kier molecular flexibility index (Phi) is 4.38. The van der Waals surface area contributed by atoms with Crippen molar-refractivity contribution in [3.63, 3.8) is 0 Å². The highest BCUT2D eigenvalue weighted by atomic mass is 79.9. The van der Waals surface area contributed by atoms with Crippen LogP contribution in [-0.2, 0) is 4.74 Å². The third kappa shape index (κ3) is 3.24. The van der Waals surface area contributed by atoms with Crippen molar-refractivity contribution in [1.82, 2.24) is 0 Å². The molecule has 2 aromatic carbocycles. The maximum Gasteiger partial charge on any atom is 0.339 e. The standard InChI is InChI=1S/C16H11BrO2/c1-19-16(18)14-9-5-8-13(15(14)17)11-10-12-6-3-2-4-7-12/h2-9H,1H3. The van der Waals surface area contributed by atoms with Gasteiger partial charge in [0.2, 0.25) is 0 Å². The molecular formula is C16H11BrO2. The molecule has 0 saturated carbocycles. The molecule has 2 rings (SSSR count). The molecule has 0 aliphatic heterocycles. The molecule has 94 valence electrons. The van der Waals surface area contributed by atoms with Crippen molar-refractivity contribution < 1.29 is 9.53 Å². The first kappa shape index (κ1) is 13.4. The van der Waals surface area contributed by atoms with E-state index in [4.69, 9.17) is 4.74 Å². The summed E-state index contributed by atoms with van der Waals surface area (Å²) < 4.78 is 5.38. The van der Waals surface area contributed by atoms with E-state index in [9.17, 15) is 4.79 Å². The van der Waals surface area contributed by atoms with Gasteiger partial charge in [0.15, 0.2) is 0 Å². The first-order chi connectivity index (χ1) is 9.22. The maximum absolute atomic E-state index is 11.6. The lowest BCUT2D eigenvalue weighted by Gasteiger charge is -2.03. The van der Waals surface area contributed by atoms with Crippen LogP contribution < -0.4 is 0 Å². The molecule has 3 heteroatoms. The number of benzene rings is 2. The van der Waals surface area contributed by atoms with Crippen molar-refractivity contribution in [2.75, 3.05) is 7.11 Å². The van der Waals surface area contributed by atoms with Crippen LogP contribution in [0.3, 0.4) is 0 Å². The van der Waals surface area contributed by atoms with Crippen LogP contribution in [0.5, 0.6) is 0 Å². The van der Waals surface area contributed by atoms with Crippen molar-refractivity contribution in [1.29, 1.82) is 0 Å². The molecule has 0 aromatic heterocycles. The zero-order chi connectivity index (χ0) is 13.7. The van der Waals surface area contributed by atoms with E-state index in [0.29, 0.717) is 10.0 Å². The number of rotatable bonds is 1. The summed E-state index contributed by atoms with van der Waals surface area (Å²) in [4.78, 5) is 11.6. The number of esters is 1. The van der Waals surface area contributed by atoms with E-state index >= 15 is 0 Å². The van der Waals surface area contributed by atoms with Gasteiger partial charge in [-0.05, 0) is 40.2 Å². The van der Waals surface area contributed by atoms with Crippen LogP contribution in [0.4, 0.5) is 0 Å². The second-order valence-corrected chi connectivity index (χ2v) is 4.57. The summed E-state index contributed by atoms with van der Waals surface area (Å²) in [7, 11) is 1.36. The highest BCUT2D eigenvalue weighted by molar-refractivity contribution is 9.10. The zero-order valence-corrected chi connectivity index (χ0v) is 11.9. The van der Waals surface area contributed by atoms with E-state index in [1.165, 1.54) is 7.11 Å². The molecule has 0 heterocycles. The molecule has 2 aromatic rings. The zero-order valence-electron chi connectivity index (χ0n) is 10.3. The molecule has 0 bridgehead atoms. The molecule has 0 N–H and O–H groups in total. The Hall–Kier alpha value is -2.05. The summed E-state index contributed by atoms with van der Waals surface area (Å²) >= 11 is 3.39. The van der Waals surface area contributed by atoms with Crippen LogP contribution in [0.15, 0.2) is 53.0 Å². The van der Waals surface area contributed by atoms with Crippen LogP contribution in [0, 0.1) is 11.8 Å². The fraction of sp³-hybridized carbons (Fsp3) is 0.0625. The topological polar surface area (TPSA) is 26.3 Å². The normalized spacial score (nSPS) is 9.37. The van der Waals surface area contributed by atoms with Crippen LogP contribution >= 0.6 is 15.9 Å².